The minimum absolute atomic E-state index is 0.0664. The number of aromatic nitrogens is 1. The molecule has 3 aromatic rings. The van der Waals surface area contributed by atoms with Crippen LogP contribution in [0.1, 0.15) is 25.6 Å². The van der Waals surface area contributed by atoms with E-state index in [1.54, 1.807) is 23.1 Å². The smallest absolute Gasteiger partial charge is 0.271 e. The van der Waals surface area contributed by atoms with Crippen molar-refractivity contribution in [1.82, 2.24) is 9.47 Å². The van der Waals surface area contributed by atoms with Gasteiger partial charge in [0.25, 0.3) is 10.0 Å². The van der Waals surface area contributed by atoms with Crippen LogP contribution in [0, 0.1) is 0 Å². The van der Waals surface area contributed by atoms with Crippen LogP contribution in [-0.4, -0.2) is 36.9 Å². The zero-order valence-corrected chi connectivity index (χ0v) is 17.9. The lowest BCUT2D eigenvalue weighted by atomic mass is 10.2. The minimum Gasteiger partial charge on any atom is -0.342 e. The van der Waals surface area contributed by atoms with Crippen LogP contribution >= 0.6 is 11.3 Å². The Hall–Kier alpha value is -2.32. The van der Waals surface area contributed by atoms with Crippen molar-refractivity contribution in [3.05, 3.63) is 47.5 Å². The topological polar surface area (TPSA) is 71.4 Å². The summed E-state index contributed by atoms with van der Waals surface area (Å²) >= 11 is 1.28. The molecule has 0 aliphatic heterocycles. The highest BCUT2D eigenvalue weighted by atomic mass is 32.2. The number of likely N-dealkylation sites (N-methyl/N-ethyl adjacent to an activating group) is 1. The van der Waals surface area contributed by atoms with Gasteiger partial charge >= 0.3 is 0 Å². The third-order valence-corrected chi connectivity index (χ3v) is 7.80. The molecule has 2 aromatic heterocycles. The molecule has 0 aliphatic carbocycles. The molecule has 0 spiro atoms. The van der Waals surface area contributed by atoms with E-state index in [2.05, 4.69) is 4.72 Å². The average Bonchev–Trinajstić information content (AvgIpc) is 3.30. The molecule has 0 fully saturated rings. The van der Waals surface area contributed by atoms with Crippen molar-refractivity contribution >= 4 is 43.9 Å². The number of thiophene rings is 1. The van der Waals surface area contributed by atoms with Crippen molar-refractivity contribution in [2.45, 2.75) is 37.9 Å². The number of carbonyl (C=O) groups excluding carboxylic acids is 1. The monoisotopic (exact) mass is 419 g/mol. The molecule has 0 saturated carbocycles. The standard InChI is InChI=1S/C20H25N3O3S2/c1-4-17-8-10-20(27-17)28(25,26)21-16-7-9-18-15(13-16)11-12-23(18)14-19(24)22(5-2)6-3/h7-13,21H,4-6,14H2,1-3H3. The maximum Gasteiger partial charge on any atom is 0.271 e. The van der Waals surface area contributed by atoms with Crippen molar-refractivity contribution in [3.63, 3.8) is 0 Å². The first-order valence-electron chi connectivity index (χ1n) is 9.36. The van der Waals surface area contributed by atoms with Gasteiger partial charge in [0.05, 0.1) is 0 Å². The molecular weight excluding hydrogens is 394 g/mol. The Morgan fingerprint density at radius 1 is 1.11 bits per heavy atom. The Morgan fingerprint density at radius 2 is 1.86 bits per heavy atom. The van der Waals surface area contributed by atoms with Gasteiger partial charge in [0, 0.05) is 40.8 Å². The Kier molecular flexibility index (Phi) is 6.10. The Bertz CT molecular complexity index is 1080. The van der Waals surface area contributed by atoms with E-state index >= 15 is 0 Å². The molecule has 0 atom stereocenters. The van der Waals surface area contributed by atoms with Crippen LogP contribution < -0.4 is 4.72 Å². The van der Waals surface area contributed by atoms with E-state index in [0.717, 1.165) is 22.2 Å². The van der Waals surface area contributed by atoms with Gasteiger partial charge in [0.15, 0.2) is 0 Å². The number of fused-ring (bicyclic) bond motifs is 1. The maximum absolute atomic E-state index is 12.6. The normalized spacial score (nSPS) is 11.7. The molecule has 0 unspecified atom stereocenters. The summed E-state index contributed by atoms with van der Waals surface area (Å²) in [7, 11) is -3.60. The molecular formula is C20H25N3O3S2. The summed E-state index contributed by atoms with van der Waals surface area (Å²) < 4.78 is 30.1. The molecule has 1 aromatic carbocycles. The fourth-order valence-corrected chi connectivity index (χ4v) is 5.47. The van der Waals surface area contributed by atoms with Gasteiger partial charge < -0.3 is 9.47 Å². The number of nitrogens with one attached hydrogen (secondary N) is 1. The van der Waals surface area contributed by atoms with Crippen LogP contribution in [0.2, 0.25) is 0 Å². The van der Waals surface area contributed by atoms with Gasteiger partial charge in [-0.25, -0.2) is 8.42 Å². The van der Waals surface area contributed by atoms with Gasteiger partial charge in [-0.15, -0.1) is 11.3 Å². The van der Waals surface area contributed by atoms with Crippen LogP contribution in [0.5, 0.6) is 0 Å². The molecule has 2 heterocycles. The second-order valence-corrected chi connectivity index (χ2v) is 9.54. The van der Waals surface area contributed by atoms with Crippen LogP contribution in [0.4, 0.5) is 5.69 Å². The van der Waals surface area contributed by atoms with E-state index < -0.39 is 10.0 Å². The number of hydrogen-bond acceptors (Lipinski definition) is 4. The van der Waals surface area contributed by atoms with Crippen LogP contribution in [0.15, 0.2) is 46.8 Å². The van der Waals surface area contributed by atoms with Crippen molar-refractivity contribution in [2.24, 2.45) is 0 Å². The molecule has 6 nitrogen and oxygen atoms in total. The van der Waals surface area contributed by atoms with Gasteiger partial charge in [-0.05, 0) is 56.7 Å². The Balaban J connectivity index is 1.81. The number of carbonyl (C=O) groups is 1. The SMILES string of the molecule is CCc1ccc(S(=O)(=O)Nc2ccc3c(ccn3CC(=O)N(CC)CC)c2)s1. The number of benzene rings is 1. The van der Waals surface area contributed by atoms with Crippen molar-refractivity contribution in [3.8, 4) is 0 Å². The highest BCUT2D eigenvalue weighted by Gasteiger charge is 2.17. The largest absolute Gasteiger partial charge is 0.342 e. The number of hydrogen-bond donors (Lipinski definition) is 1. The van der Waals surface area contributed by atoms with Crippen LogP contribution in [-0.2, 0) is 27.8 Å². The fourth-order valence-electron chi connectivity index (χ4n) is 3.12. The van der Waals surface area contributed by atoms with Gasteiger partial charge in [-0.2, -0.15) is 0 Å². The van der Waals surface area contributed by atoms with Crippen molar-refractivity contribution in [1.29, 1.82) is 0 Å². The number of anilines is 1. The van der Waals surface area contributed by atoms with E-state index in [4.69, 9.17) is 0 Å². The fraction of sp³-hybridized carbons (Fsp3) is 0.350. The molecule has 1 N–H and O–H groups in total. The highest BCUT2D eigenvalue weighted by molar-refractivity contribution is 7.94. The summed E-state index contributed by atoms with van der Waals surface area (Å²) in [5.41, 5.74) is 1.40. The van der Waals surface area contributed by atoms with E-state index in [-0.39, 0.29) is 12.5 Å². The zero-order chi connectivity index (χ0) is 20.3. The van der Waals surface area contributed by atoms with E-state index in [9.17, 15) is 13.2 Å². The third-order valence-electron chi connectivity index (χ3n) is 4.70. The maximum atomic E-state index is 12.6. The highest BCUT2D eigenvalue weighted by Crippen LogP contribution is 2.26. The number of nitrogens with zero attached hydrogens (tertiary/aromatic N) is 2. The first-order valence-corrected chi connectivity index (χ1v) is 11.7. The van der Waals surface area contributed by atoms with Crippen LogP contribution in [0.3, 0.4) is 0 Å². The van der Waals surface area contributed by atoms with Gasteiger partial charge in [0.1, 0.15) is 10.8 Å². The quantitative estimate of drug-likeness (QED) is 0.601. The first-order chi connectivity index (χ1) is 13.4. The zero-order valence-electron chi connectivity index (χ0n) is 16.3. The summed E-state index contributed by atoms with van der Waals surface area (Å²) in [6.07, 6.45) is 2.67. The second kappa shape index (κ2) is 8.36. The van der Waals surface area contributed by atoms with E-state index in [1.165, 1.54) is 11.3 Å². The number of rotatable bonds is 8. The predicted molar refractivity (Wildman–Crippen MR) is 114 cm³/mol. The lowest BCUT2D eigenvalue weighted by Crippen LogP contribution is -2.33. The third kappa shape index (κ3) is 4.23. The summed E-state index contributed by atoms with van der Waals surface area (Å²) in [5, 5.41) is 0.882. The average molecular weight is 420 g/mol. The molecule has 1 amide bonds. The Morgan fingerprint density at radius 3 is 2.50 bits per heavy atom. The van der Waals surface area contributed by atoms with Crippen molar-refractivity contribution in [2.75, 3.05) is 17.8 Å². The van der Waals surface area contributed by atoms with Gasteiger partial charge in [0.2, 0.25) is 5.91 Å². The number of sulfonamides is 1. The summed E-state index contributed by atoms with van der Waals surface area (Å²) in [6.45, 7) is 7.56. The van der Waals surface area contributed by atoms with E-state index in [1.807, 2.05) is 49.7 Å². The molecule has 28 heavy (non-hydrogen) atoms. The molecule has 0 radical (unpaired) electrons. The lowest BCUT2D eigenvalue weighted by molar-refractivity contribution is -0.131. The predicted octanol–water partition coefficient (Wildman–Crippen LogP) is 3.93. The van der Waals surface area contributed by atoms with Gasteiger partial charge in [-0.3, -0.25) is 9.52 Å². The second-order valence-electron chi connectivity index (χ2n) is 6.46. The Labute approximate surface area is 169 Å². The number of aryl methyl sites for hydroxylation is 1. The van der Waals surface area contributed by atoms with E-state index in [0.29, 0.717) is 23.0 Å². The molecule has 8 heteroatoms. The minimum atomic E-state index is -3.60. The molecule has 150 valence electrons. The summed E-state index contributed by atoms with van der Waals surface area (Å²) in [5.74, 6) is 0.0664. The lowest BCUT2D eigenvalue weighted by Gasteiger charge is -2.19. The molecule has 0 saturated heterocycles. The van der Waals surface area contributed by atoms with Crippen molar-refractivity contribution < 1.29 is 13.2 Å². The summed E-state index contributed by atoms with van der Waals surface area (Å²) in [4.78, 5) is 15.2. The first kappa shape index (κ1) is 20.4. The molecule has 3 rings (SSSR count). The van der Waals surface area contributed by atoms with Crippen LogP contribution in [0.25, 0.3) is 10.9 Å². The molecule has 0 bridgehead atoms. The van der Waals surface area contributed by atoms with Gasteiger partial charge in [-0.1, -0.05) is 6.92 Å². The molecule has 0 aliphatic rings. The number of amides is 1. The summed E-state index contributed by atoms with van der Waals surface area (Å²) in [6, 6.07) is 10.7.